The second-order valence-electron chi connectivity index (χ2n) is 4.49. The summed E-state index contributed by atoms with van der Waals surface area (Å²) >= 11 is 0. The number of nitrogens with zero attached hydrogens (tertiary/aromatic N) is 3. The van der Waals surface area contributed by atoms with E-state index in [1.54, 1.807) is 11.1 Å². The molecule has 18 heavy (non-hydrogen) atoms. The molecule has 1 aromatic heterocycles. The number of piperazine rings is 1. The zero-order chi connectivity index (χ0) is 13.1. The van der Waals surface area contributed by atoms with E-state index < -0.39 is 0 Å². The van der Waals surface area contributed by atoms with Crippen LogP contribution in [0.15, 0.2) is 12.4 Å². The van der Waals surface area contributed by atoms with Crippen molar-refractivity contribution >= 4 is 11.8 Å². The smallest absolute Gasteiger partial charge is 0.245 e. The Kier molecular flexibility index (Phi) is 3.64. The minimum atomic E-state index is -0.368. The van der Waals surface area contributed by atoms with E-state index in [4.69, 9.17) is 0 Å². The summed E-state index contributed by atoms with van der Waals surface area (Å²) in [7, 11) is 1.92. The third kappa shape index (κ3) is 2.52. The van der Waals surface area contributed by atoms with Gasteiger partial charge in [0.15, 0.2) is 0 Å². The molecule has 2 rings (SSSR count). The van der Waals surface area contributed by atoms with Crippen LogP contribution in [0.2, 0.25) is 0 Å². The highest BCUT2D eigenvalue weighted by molar-refractivity contribution is 5.94. The molecule has 0 radical (unpaired) electrons. The number of aromatic nitrogens is 2. The lowest BCUT2D eigenvalue weighted by atomic mass is 10.1. The Morgan fingerprint density at radius 2 is 2.28 bits per heavy atom. The molecular formula is C12H18N4O2. The molecule has 98 valence electrons. The molecular weight excluding hydrogens is 232 g/mol. The minimum Gasteiger partial charge on any atom is -0.343 e. The van der Waals surface area contributed by atoms with Crippen LogP contribution < -0.4 is 5.32 Å². The van der Waals surface area contributed by atoms with Crippen LogP contribution in [0.5, 0.6) is 0 Å². The van der Waals surface area contributed by atoms with Crippen molar-refractivity contribution in [2.75, 3.05) is 13.1 Å². The fourth-order valence-electron chi connectivity index (χ4n) is 2.11. The first-order valence-electron chi connectivity index (χ1n) is 6.16. The molecule has 6 heteroatoms. The van der Waals surface area contributed by atoms with E-state index in [9.17, 15) is 9.59 Å². The molecule has 0 aliphatic carbocycles. The Balaban J connectivity index is 1.97. The van der Waals surface area contributed by atoms with E-state index in [1.165, 1.54) is 0 Å². The van der Waals surface area contributed by atoms with E-state index in [0.717, 1.165) is 5.82 Å². The highest BCUT2D eigenvalue weighted by Crippen LogP contribution is 2.07. The molecule has 1 aromatic rings. The highest BCUT2D eigenvalue weighted by atomic mass is 16.2. The molecule has 1 atom stereocenters. The predicted molar refractivity (Wildman–Crippen MR) is 65.7 cm³/mol. The summed E-state index contributed by atoms with van der Waals surface area (Å²) in [5.41, 5.74) is 0. The SMILES string of the molecule is CCC1NC(=O)CN(CCc2nccn2C)C1=O. The number of nitrogens with one attached hydrogen (secondary N) is 1. The molecule has 1 aliphatic rings. The summed E-state index contributed by atoms with van der Waals surface area (Å²) < 4.78 is 1.92. The molecule has 0 aromatic carbocycles. The van der Waals surface area contributed by atoms with Gasteiger partial charge in [-0.25, -0.2) is 4.98 Å². The van der Waals surface area contributed by atoms with Gasteiger partial charge < -0.3 is 14.8 Å². The van der Waals surface area contributed by atoms with Crippen LogP contribution in [0, 0.1) is 0 Å². The summed E-state index contributed by atoms with van der Waals surface area (Å²) in [6, 6.07) is -0.368. The van der Waals surface area contributed by atoms with Gasteiger partial charge in [0.2, 0.25) is 11.8 Å². The quantitative estimate of drug-likeness (QED) is 0.797. The van der Waals surface area contributed by atoms with E-state index in [2.05, 4.69) is 10.3 Å². The topological polar surface area (TPSA) is 67.2 Å². The number of carbonyl (C=O) groups is 2. The largest absolute Gasteiger partial charge is 0.343 e. The second-order valence-corrected chi connectivity index (χ2v) is 4.49. The normalized spacial score (nSPS) is 20.1. The number of hydrogen-bond donors (Lipinski definition) is 1. The Hall–Kier alpha value is -1.85. The number of carbonyl (C=O) groups excluding carboxylic acids is 2. The molecule has 2 amide bonds. The highest BCUT2D eigenvalue weighted by Gasteiger charge is 2.30. The van der Waals surface area contributed by atoms with E-state index in [-0.39, 0.29) is 24.4 Å². The molecule has 1 unspecified atom stereocenters. The maximum atomic E-state index is 12.0. The van der Waals surface area contributed by atoms with Crippen LogP contribution in [0.25, 0.3) is 0 Å². The molecule has 0 saturated carbocycles. The zero-order valence-corrected chi connectivity index (χ0v) is 10.7. The molecule has 1 aliphatic heterocycles. The van der Waals surface area contributed by atoms with Crippen molar-refractivity contribution in [2.24, 2.45) is 7.05 Å². The van der Waals surface area contributed by atoms with Gasteiger partial charge in [-0.1, -0.05) is 6.92 Å². The number of hydrogen-bond acceptors (Lipinski definition) is 3. The zero-order valence-electron chi connectivity index (χ0n) is 10.7. The fourth-order valence-corrected chi connectivity index (χ4v) is 2.11. The Morgan fingerprint density at radius 1 is 1.50 bits per heavy atom. The first-order valence-corrected chi connectivity index (χ1v) is 6.16. The van der Waals surface area contributed by atoms with Gasteiger partial charge in [-0.05, 0) is 6.42 Å². The maximum absolute atomic E-state index is 12.0. The molecule has 1 fully saturated rings. The van der Waals surface area contributed by atoms with Crippen molar-refractivity contribution in [1.82, 2.24) is 19.8 Å². The standard InChI is InChI=1S/C12H18N4O2/c1-3-9-12(18)16(8-11(17)14-9)6-4-10-13-5-7-15(10)2/h5,7,9H,3-4,6,8H2,1-2H3,(H,14,17). The monoisotopic (exact) mass is 250 g/mol. The average molecular weight is 250 g/mol. The lowest BCUT2D eigenvalue weighted by Gasteiger charge is -2.31. The van der Waals surface area contributed by atoms with Gasteiger partial charge in [0.05, 0.1) is 6.54 Å². The molecule has 1 N–H and O–H groups in total. The maximum Gasteiger partial charge on any atom is 0.245 e. The minimum absolute atomic E-state index is 0.00584. The summed E-state index contributed by atoms with van der Waals surface area (Å²) in [4.78, 5) is 29.3. The van der Waals surface area contributed by atoms with E-state index >= 15 is 0 Å². The van der Waals surface area contributed by atoms with Crippen LogP contribution in [0.1, 0.15) is 19.2 Å². The van der Waals surface area contributed by atoms with Crippen LogP contribution in [0.4, 0.5) is 0 Å². The van der Waals surface area contributed by atoms with Crippen molar-refractivity contribution in [2.45, 2.75) is 25.8 Å². The van der Waals surface area contributed by atoms with Gasteiger partial charge in [-0.2, -0.15) is 0 Å². The van der Waals surface area contributed by atoms with Gasteiger partial charge in [0, 0.05) is 32.4 Å². The van der Waals surface area contributed by atoms with Crippen molar-refractivity contribution in [3.8, 4) is 0 Å². The Bertz CT molecular complexity index is 455. The average Bonchev–Trinajstić information content (AvgIpc) is 2.75. The van der Waals surface area contributed by atoms with E-state index in [0.29, 0.717) is 19.4 Å². The summed E-state index contributed by atoms with van der Waals surface area (Å²) in [6.07, 6.45) is 4.90. The first-order chi connectivity index (χ1) is 8.61. The number of amides is 2. The van der Waals surface area contributed by atoms with Gasteiger partial charge >= 0.3 is 0 Å². The van der Waals surface area contributed by atoms with Crippen molar-refractivity contribution in [1.29, 1.82) is 0 Å². The molecule has 2 heterocycles. The first kappa shape index (κ1) is 12.6. The molecule has 0 spiro atoms. The van der Waals surface area contributed by atoms with Gasteiger partial charge in [0.1, 0.15) is 11.9 Å². The fraction of sp³-hybridized carbons (Fsp3) is 0.583. The predicted octanol–water partition coefficient (Wildman–Crippen LogP) is -0.300. The Labute approximate surface area is 106 Å². The summed E-state index contributed by atoms with van der Waals surface area (Å²) in [5.74, 6) is 0.842. The van der Waals surface area contributed by atoms with Crippen LogP contribution >= 0.6 is 0 Å². The summed E-state index contributed by atoms with van der Waals surface area (Å²) in [6.45, 7) is 2.58. The van der Waals surface area contributed by atoms with Crippen LogP contribution in [-0.4, -0.2) is 45.4 Å². The number of rotatable bonds is 4. The molecule has 1 saturated heterocycles. The van der Waals surface area contributed by atoms with Crippen LogP contribution in [-0.2, 0) is 23.1 Å². The number of aryl methyl sites for hydroxylation is 1. The van der Waals surface area contributed by atoms with Crippen molar-refractivity contribution in [3.05, 3.63) is 18.2 Å². The third-order valence-corrected chi connectivity index (χ3v) is 3.21. The van der Waals surface area contributed by atoms with Crippen molar-refractivity contribution in [3.63, 3.8) is 0 Å². The van der Waals surface area contributed by atoms with E-state index in [1.807, 2.05) is 24.7 Å². The van der Waals surface area contributed by atoms with Crippen molar-refractivity contribution < 1.29 is 9.59 Å². The van der Waals surface area contributed by atoms with Crippen LogP contribution in [0.3, 0.4) is 0 Å². The number of imidazole rings is 1. The third-order valence-electron chi connectivity index (χ3n) is 3.21. The van der Waals surface area contributed by atoms with Gasteiger partial charge in [0.25, 0.3) is 0 Å². The molecule has 6 nitrogen and oxygen atoms in total. The Morgan fingerprint density at radius 3 is 2.89 bits per heavy atom. The summed E-state index contributed by atoms with van der Waals surface area (Å²) in [5, 5.41) is 2.70. The van der Waals surface area contributed by atoms with Gasteiger partial charge in [-0.3, -0.25) is 9.59 Å². The van der Waals surface area contributed by atoms with Gasteiger partial charge in [-0.15, -0.1) is 0 Å². The lowest BCUT2D eigenvalue weighted by Crippen LogP contribution is -2.58. The molecule has 0 bridgehead atoms. The lowest BCUT2D eigenvalue weighted by molar-refractivity contribution is -0.144. The second kappa shape index (κ2) is 5.20.